The van der Waals surface area contributed by atoms with Gasteiger partial charge in [-0.25, -0.2) is 9.97 Å². The molecule has 0 radical (unpaired) electrons. The maximum absolute atomic E-state index is 11.4. The number of amides is 1. The number of ether oxygens (including phenoxy) is 1. The van der Waals surface area contributed by atoms with Crippen molar-refractivity contribution >= 4 is 34.9 Å². The smallest absolute Gasteiger partial charge is 0.227 e. The molecule has 0 aromatic carbocycles. The van der Waals surface area contributed by atoms with Crippen LogP contribution in [0, 0.1) is 0 Å². The third-order valence-electron chi connectivity index (χ3n) is 1.68. The molecule has 1 rings (SSSR count). The maximum atomic E-state index is 11.4. The quantitative estimate of drug-likeness (QED) is 0.653. The number of rotatable bonds is 5. The Morgan fingerprint density at radius 3 is 2.94 bits per heavy atom. The third kappa shape index (κ3) is 3.92. The van der Waals surface area contributed by atoms with E-state index >= 15 is 0 Å². The molecule has 0 aliphatic carbocycles. The lowest BCUT2D eigenvalue weighted by molar-refractivity contribution is -0.117. The molecule has 0 saturated carbocycles. The summed E-state index contributed by atoms with van der Waals surface area (Å²) < 4.78 is 5.04. The van der Waals surface area contributed by atoms with Crippen LogP contribution in [0.1, 0.15) is 13.3 Å². The standard InChI is InChI=1S/C9H11Cl2N3O2/c1-2-16-4-3-6(15)14-9-7(10)8(11)12-5-13-9/h5H,2-4H2,1H3,(H,12,13,14,15). The molecule has 88 valence electrons. The van der Waals surface area contributed by atoms with Crippen LogP contribution in [0.25, 0.3) is 0 Å². The van der Waals surface area contributed by atoms with E-state index in [-0.39, 0.29) is 28.3 Å². The minimum Gasteiger partial charge on any atom is -0.381 e. The summed E-state index contributed by atoms with van der Waals surface area (Å²) in [6.45, 7) is 2.80. The molecule has 1 aromatic rings. The molecule has 1 heterocycles. The fourth-order valence-corrected chi connectivity index (χ4v) is 1.22. The van der Waals surface area contributed by atoms with Crippen molar-refractivity contribution in [3.63, 3.8) is 0 Å². The molecule has 16 heavy (non-hydrogen) atoms. The second kappa shape index (κ2) is 6.62. The van der Waals surface area contributed by atoms with Crippen LogP contribution in [0.15, 0.2) is 6.33 Å². The summed E-state index contributed by atoms with van der Waals surface area (Å²) in [5.74, 6) is -0.0201. The molecule has 0 unspecified atom stereocenters. The highest BCUT2D eigenvalue weighted by Gasteiger charge is 2.10. The van der Waals surface area contributed by atoms with Crippen LogP contribution in [0.2, 0.25) is 10.2 Å². The van der Waals surface area contributed by atoms with E-state index in [4.69, 9.17) is 27.9 Å². The average Bonchev–Trinajstić information content (AvgIpc) is 2.25. The fraction of sp³-hybridized carbons (Fsp3) is 0.444. The first-order chi connectivity index (χ1) is 7.65. The van der Waals surface area contributed by atoms with Crippen molar-refractivity contribution < 1.29 is 9.53 Å². The van der Waals surface area contributed by atoms with Gasteiger partial charge in [-0.1, -0.05) is 23.2 Å². The van der Waals surface area contributed by atoms with E-state index in [2.05, 4.69) is 15.3 Å². The van der Waals surface area contributed by atoms with E-state index in [0.29, 0.717) is 13.2 Å². The average molecular weight is 264 g/mol. The second-order valence-corrected chi connectivity index (χ2v) is 3.56. The summed E-state index contributed by atoms with van der Waals surface area (Å²) in [5.41, 5.74) is 0. The van der Waals surface area contributed by atoms with Crippen molar-refractivity contribution in [1.82, 2.24) is 9.97 Å². The Hall–Kier alpha value is -0.910. The van der Waals surface area contributed by atoms with Crippen LogP contribution < -0.4 is 5.32 Å². The molecular weight excluding hydrogens is 253 g/mol. The largest absolute Gasteiger partial charge is 0.381 e. The van der Waals surface area contributed by atoms with Gasteiger partial charge in [-0.15, -0.1) is 0 Å². The maximum Gasteiger partial charge on any atom is 0.227 e. The van der Waals surface area contributed by atoms with Gasteiger partial charge in [0.05, 0.1) is 13.0 Å². The van der Waals surface area contributed by atoms with Crippen LogP contribution in [-0.2, 0) is 9.53 Å². The highest BCUT2D eigenvalue weighted by atomic mass is 35.5. The summed E-state index contributed by atoms with van der Waals surface area (Å²) in [7, 11) is 0. The predicted octanol–water partition coefficient (Wildman–Crippen LogP) is 2.15. The van der Waals surface area contributed by atoms with Gasteiger partial charge in [0, 0.05) is 6.61 Å². The number of carbonyl (C=O) groups excluding carboxylic acids is 1. The Kier molecular flexibility index (Phi) is 5.45. The number of hydrogen-bond acceptors (Lipinski definition) is 4. The Morgan fingerprint density at radius 2 is 2.25 bits per heavy atom. The van der Waals surface area contributed by atoms with Crippen LogP contribution in [0.4, 0.5) is 5.82 Å². The summed E-state index contributed by atoms with van der Waals surface area (Å²) in [4.78, 5) is 18.9. The molecule has 7 heteroatoms. The minimum atomic E-state index is -0.231. The molecule has 0 bridgehead atoms. The van der Waals surface area contributed by atoms with Crippen LogP contribution in [0.5, 0.6) is 0 Å². The third-order valence-corrected chi connectivity index (χ3v) is 2.42. The van der Waals surface area contributed by atoms with E-state index in [1.54, 1.807) is 0 Å². The van der Waals surface area contributed by atoms with Gasteiger partial charge in [0.15, 0.2) is 11.0 Å². The van der Waals surface area contributed by atoms with Crippen LogP contribution in [-0.4, -0.2) is 29.1 Å². The van der Waals surface area contributed by atoms with E-state index in [0.717, 1.165) is 0 Å². The normalized spacial score (nSPS) is 10.2. The van der Waals surface area contributed by atoms with Gasteiger partial charge >= 0.3 is 0 Å². The zero-order valence-corrected chi connectivity index (χ0v) is 10.2. The molecule has 0 spiro atoms. The van der Waals surface area contributed by atoms with Gasteiger partial charge in [-0.2, -0.15) is 0 Å². The lowest BCUT2D eigenvalue weighted by Crippen LogP contribution is -2.15. The molecule has 0 aliphatic heterocycles. The zero-order chi connectivity index (χ0) is 12.0. The van der Waals surface area contributed by atoms with E-state index in [9.17, 15) is 4.79 Å². The molecule has 0 fully saturated rings. The molecule has 1 amide bonds. The predicted molar refractivity (Wildman–Crippen MR) is 61.8 cm³/mol. The van der Waals surface area contributed by atoms with Gasteiger partial charge in [-0.3, -0.25) is 4.79 Å². The minimum absolute atomic E-state index is 0.108. The monoisotopic (exact) mass is 263 g/mol. The lowest BCUT2D eigenvalue weighted by Gasteiger charge is -2.06. The molecule has 5 nitrogen and oxygen atoms in total. The number of halogens is 2. The lowest BCUT2D eigenvalue weighted by atomic mass is 10.4. The fourth-order valence-electron chi connectivity index (χ4n) is 0.939. The highest BCUT2D eigenvalue weighted by molar-refractivity contribution is 6.42. The van der Waals surface area contributed by atoms with E-state index in [1.807, 2.05) is 6.92 Å². The molecular formula is C9H11Cl2N3O2. The van der Waals surface area contributed by atoms with Gasteiger partial charge in [0.2, 0.25) is 5.91 Å². The van der Waals surface area contributed by atoms with Crippen molar-refractivity contribution in [2.24, 2.45) is 0 Å². The summed E-state index contributed by atoms with van der Waals surface area (Å²) in [5, 5.41) is 2.76. The molecule has 0 aliphatic rings. The van der Waals surface area contributed by atoms with Gasteiger partial charge < -0.3 is 10.1 Å². The Labute approximate surface area is 103 Å². The highest BCUT2D eigenvalue weighted by Crippen LogP contribution is 2.25. The van der Waals surface area contributed by atoms with Crippen molar-refractivity contribution in [1.29, 1.82) is 0 Å². The van der Waals surface area contributed by atoms with Crippen molar-refractivity contribution in [3.8, 4) is 0 Å². The van der Waals surface area contributed by atoms with Crippen molar-refractivity contribution in [2.45, 2.75) is 13.3 Å². The first-order valence-electron chi connectivity index (χ1n) is 4.68. The number of hydrogen-bond donors (Lipinski definition) is 1. The van der Waals surface area contributed by atoms with E-state index in [1.165, 1.54) is 6.33 Å². The van der Waals surface area contributed by atoms with Crippen molar-refractivity contribution in [2.75, 3.05) is 18.5 Å². The first-order valence-corrected chi connectivity index (χ1v) is 5.44. The first kappa shape index (κ1) is 13.2. The second-order valence-electron chi connectivity index (χ2n) is 2.82. The van der Waals surface area contributed by atoms with E-state index < -0.39 is 0 Å². The SMILES string of the molecule is CCOCCC(=O)Nc1ncnc(Cl)c1Cl. The Bertz CT molecular complexity index is 374. The summed E-state index contributed by atoms with van der Waals surface area (Å²) in [6.07, 6.45) is 1.47. The number of anilines is 1. The number of aromatic nitrogens is 2. The van der Waals surface area contributed by atoms with Crippen LogP contribution >= 0.6 is 23.2 Å². The van der Waals surface area contributed by atoms with Gasteiger partial charge in [-0.05, 0) is 6.92 Å². The van der Waals surface area contributed by atoms with Gasteiger partial charge in [0.1, 0.15) is 11.3 Å². The molecule has 1 aromatic heterocycles. The number of nitrogens with zero attached hydrogens (tertiary/aromatic N) is 2. The Balaban J connectivity index is 2.53. The van der Waals surface area contributed by atoms with Crippen LogP contribution in [0.3, 0.4) is 0 Å². The molecule has 0 saturated heterocycles. The summed E-state index contributed by atoms with van der Waals surface area (Å²) >= 11 is 11.5. The number of carbonyl (C=O) groups is 1. The van der Waals surface area contributed by atoms with Gasteiger partial charge in [0.25, 0.3) is 0 Å². The number of nitrogens with one attached hydrogen (secondary N) is 1. The zero-order valence-electron chi connectivity index (χ0n) is 8.67. The topological polar surface area (TPSA) is 64.1 Å². The molecule has 0 atom stereocenters. The Morgan fingerprint density at radius 1 is 1.50 bits per heavy atom. The summed E-state index contributed by atoms with van der Waals surface area (Å²) in [6, 6.07) is 0. The van der Waals surface area contributed by atoms with Crippen molar-refractivity contribution in [3.05, 3.63) is 16.5 Å². The molecule has 1 N–H and O–H groups in total.